The van der Waals surface area contributed by atoms with Crippen molar-refractivity contribution in [2.45, 2.75) is 5.16 Å². The minimum atomic E-state index is -0.724. The van der Waals surface area contributed by atoms with E-state index in [1.165, 1.54) is 18.3 Å². The van der Waals surface area contributed by atoms with E-state index in [9.17, 15) is 18.8 Å². The van der Waals surface area contributed by atoms with Gasteiger partial charge in [-0.2, -0.15) is 0 Å². The number of ether oxygens (including phenoxy) is 1. The molecule has 2 amide bonds. The molecule has 0 saturated carbocycles. The van der Waals surface area contributed by atoms with E-state index in [0.717, 1.165) is 11.8 Å². The van der Waals surface area contributed by atoms with Gasteiger partial charge in [-0.3, -0.25) is 24.3 Å². The maximum absolute atomic E-state index is 13.4. The third kappa shape index (κ3) is 5.76. The molecule has 29 heavy (non-hydrogen) atoms. The fraction of sp³-hybridized carbons (Fsp3) is 0.100. The molecule has 3 rings (SSSR count). The first-order valence-electron chi connectivity index (χ1n) is 8.50. The molecule has 2 aromatic carbocycles. The average molecular weight is 413 g/mol. The zero-order valence-corrected chi connectivity index (χ0v) is 15.9. The number of hydrogen-bond acceptors (Lipinski definition) is 6. The maximum atomic E-state index is 13.4. The molecule has 148 valence electrons. The van der Waals surface area contributed by atoms with Crippen LogP contribution in [0, 0.1) is 5.82 Å². The maximum Gasteiger partial charge on any atom is 0.316 e. The Labute approximate surface area is 169 Å². The van der Waals surface area contributed by atoms with E-state index in [1.807, 2.05) is 0 Å². The smallest absolute Gasteiger partial charge is 0.316 e. The number of imide groups is 1. The van der Waals surface area contributed by atoms with Crippen molar-refractivity contribution in [2.75, 3.05) is 12.4 Å². The molecule has 3 aromatic rings. The monoisotopic (exact) mass is 413 g/mol. The first-order valence-corrected chi connectivity index (χ1v) is 9.48. The van der Waals surface area contributed by atoms with Crippen LogP contribution in [0.3, 0.4) is 0 Å². The molecule has 0 aliphatic rings. The number of thioether (sulfide) groups is 1. The largest absolute Gasteiger partial charge is 0.455 e. The highest BCUT2D eigenvalue weighted by atomic mass is 32.2. The number of amides is 2. The number of hydrogen-bond donors (Lipinski definition) is 1. The third-order valence-electron chi connectivity index (χ3n) is 3.67. The van der Waals surface area contributed by atoms with Crippen LogP contribution in [0.15, 0.2) is 72.1 Å². The molecule has 0 bridgehead atoms. The van der Waals surface area contributed by atoms with Crippen molar-refractivity contribution < 1.29 is 23.5 Å². The number of benzene rings is 2. The summed E-state index contributed by atoms with van der Waals surface area (Å²) in [5.74, 6) is -2.43. The summed E-state index contributed by atoms with van der Waals surface area (Å²) in [5.41, 5.74) is 0.893. The lowest BCUT2D eigenvalue weighted by Crippen LogP contribution is -2.34. The summed E-state index contributed by atoms with van der Waals surface area (Å²) in [7, 11) is 0. The predicted molar refractivity (Wildman–Crippen MR) is 104 cm³/mol. The summed E-state index contributed by atoms with van der Waals surface area (Å²) in [6.45, 7) is -0.573. The topological polar surface area (TPSA) is 90.3 Å². The van der Waals surface area contributed by atoms with Crippen LogP contribution in [0.25, 0.3) is 5.69 Å². The summed E-state index contributed by atoms with van der Waals surface area (Å²) >= 11 is 1.08. The van der Waals surface area contributed by atoms with Crippen LogP contribution in [-0.2, 0) is 14.3 Å². The first-order chi connectivity index (χ1) is 14.0. The highest BCUT2D eigenvalue weighted by molar-refractivity contribution is 7.99. The van der Waals surface area contributed by atoms with E-state index < -0.39 is 24.4 Å². The number of esters is 1. The molecule has 0 aliphatic carbocycles. The number of aromatic nitrogens is 2. The number of rotatable bonds is 7. The molecule has 0 fully saturated rings. The summed E-state index contributed by atoms with van der Waals surface area (Å²) in [5, 5.41) is 2.61. The van der Waals surface area contributed by atoms with Gasteiger partial charge in [0.1, 0.15) is 5.82 Å². The van der Waals surface area contributed by atoms with Gasteiger partial charge in [0, 0.05) is 18.0 Å². The Morgan fingerprint density at radius 1 is 1.10 bits per heavy atom. The van der Waals surface area contributed by atoms with Crippen LogP contribution < -0.4 is 5.32 Å². The van der Waals surface area contributed by atoms with E-state index >= 15 is 0 Å². The van der Waals surface area contributed by atoms with Gasteiger partial charge in [-0.1, -0.05) is 36.0 Å². The molecule has 7 nitrogen and oxygen atoms in total. The van der Waals surface area contributed by atoms with Crippen molar-refractivity contribution in [3.05, 3.63) is 78.4 Å². The summed E-state index contributed by atoms with van der Waals surface area (Å²) < 4.78 is 19.9. The van der Waals surface area contributed by atoms with Gasteiger partial charge in [0.2, 0.25) is 0 Å². The SMILES string of the molecule is O=C(COC(=O)CSc1nccn1-c1cccc(F)c1)NC(=O)c1ccccc1. The molecule has 0 spiro atoms. The second kappa shape index (κ2) is 9.65. The Bertz CT molecular complexity index is 1020. The van der Waals surface area contributed by atoms with Gasteiger partial charge >= 0.3 is 5.97 Å². The van der Waals surface area contributed by atoms with Crippen molar-refractivity contribution in [3.8, 4) is 5.69 Å². The summed E-state index contributed by atoms with van der Waals surface area (Å²) in [4.78, 5) is 39.7. The zero-order chi connectivity index (χ0) is 20.6. The molecular formula is C20H16FN3O4S. The Morgan fingerprint density at radius 2 is 1.90 bits per heavy atom. The Kier molecular flexibility index (Phi) is 6.75. The number of imidazole rings is 1. The third-order valence-corrected chi connectivity index (χ3v) is 4.61. The van der Waals surface area contributed by atoms with Crippen molar-refractivity contribution in [1.29, 1.82) is 0 Å². The lowest BCUT2D eigenvalue weighted by molar-refractivity contribution is -0.145. The molecule has 0 radical (unpaired) electrons. The standard InChI is InChI=1S/C20H16FN3O4S/c21-15-7-4-8-16(11-15)24-10-9-22-20(24)29-13-18(26)28-12-17(25)23-19(27)14-5-2-1-3-6-14/h1-11H,12-13H2,(H,23,25,27). The number of carbonyl (C=O) groups is 3. The van der Waals surface area contributed by atoms with E-state index in [4.69, 9.17) is 4.74 Å². The fourth-order valence-electron chi connectivity index (χ4n) is 2.35. The van der Waals surface area contributed by atoms with Crippen molar-refractivity contribution in [2.24, 2.45) is 0 Å². The van der Waals surface area contributed by atoms with Gasteiger partial charge in [0.05, 0.1) is 11.4 Å². The van der Waals surface area contributed by atoms with Crippen LogP contribution in [0.4, 0.5) is 4.39 Å². The minimum Gasteiger partial charge on any atom is -0.455 e. The van der Waals surface area contributed by atoms with Crippen molar-refractivity contribution >= 4 is 29.5 Å². The van der Waals surface area contributed by atoms with Gasteiger partial charge in [-0.05, 0) is 30.3 Å². The van der Waals surface area contributed by atoms with Gasteiger partial charge in [-0.15, -0.1) is 0 Å². The quantitative estimate of drug-likeness (QED) is 0.473. The van der Waals surface area contributed by atoms with Crippen LogP contribution in [-0.4, -0.2) is 39.7 Å². The Balaban J connectivity index is 1.47. The van der Waals surface area contributed by atoms with E-state index in [1.54, 1.807) is 53.2 Å². The highest BCUT2D eigenvalue weighted by Gasteiger charge is 2.14. The molecule has 1 N–H and O–H groups in total. The molecule has 0 aliphatic heterocycles. The average Bonchev–Trinajstić information content (AvgIpc) is 3.20. The normalized spacial score (nSPS) is 10.4. The first kappa shape index (κ1) is 20.3. The number of nitrogens with one attached hydrogen (secondary N) is 1. The minimum absolute atomic E-state index is 0.105. The summed E-state index contributed by atoms with van der Waals surface area (Å²) in [6.07, 6.45) is 3.17. The Hall–Kier alpha value is -3.46. The Morgan fingerprint density at radius 3 is 2.66 bits per heavy atom. The van der Waals surface area contributed by atoms with E-state index in [2.05, 4.69) is 10.3 Å². The molecule has 1 heterocycles. The molecular weight excluding hydrogens is 397 g/mol. The van der Waals surface area contributed by atoms with Gasteiger partial charge in [0.25, 0.3) is 11.8 Å². The second-order valence-electron chi connectivity index (χ2n) is 5.75. The molecule has 1 aromatic heterocycles. The lowest BCUT2D eigenvalue weighted by atomic mass is 10.2. The van der Waals surface area contributed by atoms with Crippen LogP contribution in [0.1, 0.15) is 10.4 Å². The van der Waals surface area contributed by atoms with Crippen LogP contribution in [0.5, 0.6) is 0 Å². The van der Waals surface area contributed by atoms with Crippen LogP contribution in [0.2, 0.25) is 0 Å². The van der Waals surface area contributed by atoms with Crippen molar-refractivity contribution in [1.82, 2.24) is 14.9 Å². The van der Waals surface area contributed by atoms with Gasteiger partial charge in [-0.25, -0.2) is 9.37 Å². The van der Waals surface area contributed by atoms with Gasteiger partial charge < -0.3 is 4.74 Å². The molecule has 9 heteroatoms. The lowest BCUT2D eigenvalue weighted by Gasteiger charge is -2.08. The van der Waals surface area contributed by atoms with Crippen molar-refractivity contribution in [3.63, 3.8) is 0 Å². The van der Waals surface area contributed by atoms with Crippen LogP contribution >= 0.6 is 11.8 Å². The second-order valence-corrected chi connectivity index (χ2v) is 6.69. The number of carbonyl (C=O) groups excluding carboxylic acids is 3. The predicted octanol–water partition coefficient (Wildman–Crippen LogP) is 2.60. The number of nitrogens with zero attached hydrogens (tertiary/aromatic N) is 2. The van der Waals surface area contributed by atoms with E-state index in [0.29, 0.717) is 16.4 Å². The molecule has 0 saturated heterocycles. The molecule has 0 unspecified atom stereocenters. The summed E-state index contributed by atoms with van der Waals surface area (Å²) in [6, 6.07) is 14.2. The molecule has 0 atom stereocenters. The fourth-order valence-corrected chi connectivity index (χ4v) is 3.13. The zero-order valence-electron chi connectivity index (χ0n) is 15.1. The van der Waals surface area contributed by atoms with Gasteiger partial charge in [0.15, 0.2) is 11.8 Å². The van der Waals surface area contributed by atoms with E-state index in [-0.39, 0.29) is 11.6 Å². The highest BCUT2D eigenvalue weighted by Crippen LogP contribution is 2.21. The number of halogens is 1.